The first-order valence-corrected chi connectivity index (χ1v) is 6.10. The summed E-state index contributed by atoms with van der Waals surface area (Å²) in [6, 6.07) is 8.22. The van der Waals surface area contributed by atoms with Gasteiger partial charge in [0.1, 0.15) is 0 Å². The Kier molecular flexibility index (Phi) is 5.32. The topological polar surface area (TPSA) is 52.3 Å². The van der Waals surface area contributed by atoms with Crippen molar-refractivity contribution in [3.05, 3.63) is 60.2 Å². The van der Waals surface area contributed by atoms with Gasteiger partial charge < -0.3 is 10.5 Å². The third-order valence-corrected chi connectivity index (χ3v) is 2.97. The van der Waals surface area contributed by atoms with Gasteiger partial charge in [-0.05, 0) is 18.1 Å². The highest BCUT2D eigenvalue weighted by Crippen LogP contribution is 2.40. The summed E-state index contributed by atoms with van der Waals surface area (Å²) in [5.74, 6) is -1.61. The van der Waals surface area contributed by atoms with E-state index in [-0.39, 0.29) is 5.57 Å². The number of rotatable bonds is 6. The number of alkyl halides is 3. The lowest BCUT2D eigenvalue weighted by Gasteiger charge is -2.33. The van der Waals surface area contributed by atoms with Crippen molar-refractivity contribution in [1.29, 1.82) is 0 Å². The molecule has 0 aromatic heterocycles. The van der Waals surface area contributed by atoms with E-state index in [0.29, 0.717) is 5.56 Å². The third-order valence-electron chi connectivity index (χ3n) is 2.97. The molecule has 0 heterocycles. The average molecular weight is 299 g/mol. The first-order valence-electron chi connectivity index (χ1n) is 6.10. The first-order chi connectivity index (χ1) is 9.75. The van der Waals surface area contributed by atoms with Crippen molar-refractivity contribution in [3.63, 3.8) is 0 Å². The Bertz CT molecular complexity index is 538. The zero-order chi connectivity index (χ0) is 16.1. The van der Waals surface area contributed by atoms with E-state index in [4.69, 9.17) is 10.5 Å². The molecule has 21 heavy (non-hydrogen) atoms. The van der Waals surface area contributed by atoms with Crippen LogP contribution < -0.4 is 5.73 Å². The molecule has 3 nitrogen and oxygen atoms in total. The van der Waals surface area contributed by atoms with Crippen molar-refractivity contribution in [2.45, 2.75) is 25.3 Å². The van der Waals surface area contributed by atoms with E-state index in [1.165, 1.54) is 0 Å². The van der Waals surface area contributed by atoms with Crippen LogP contribution in [0.25, 0.3) is 0 Å². The van der Waals surface area contributed by atoms with Crippen LogP contribution >= 0.6 is 0 Å². The average Bonchev–Trinajstić information content (AvgIpc) is 2.39. The van der Waals surface area contributed by atoms with Crippen molar-refractivity contribution >= 4 is 5.91 Å². The number of hydrogen-bond acceptors (Lipinski definition) is 2. The fourth-order valence-electron chi connectivity index (χ4n) is 1.88. The summed E-state index contributed by atoms with van der Waals surface area (Å²) < 4.78 is 45.1. The van der Waals surface area contributed by atoms with Crippen LogP contribution in [0.5, 0.6) is 0 Å². The molecule has 0 aliphatic rings. The highest BCUT2D eigenvalue weighted by molar-refractivity contribution is 5.88. The number of hydrogen-bond donors (Lipinski definition) is 1. The molecular formula is C15H16F3NO2. The van der Waals surface area contributed by atoms with E-state index in [0.717, 1.165) is 19.1 Å². The van der Waals surface area contributed by atoms with E-state index < -0.39 is 24.3 Å². The van der Waals surface area contributed by atoms with Gasteiger partial charge in [0.15, 0.2) is 0 Å². The highest BCUT2D eigenvalue weighted by atomic mass is 19.4. The summed E-state index contributed by atoms with van der Waals surface area (Å²) in [4.78, 5) is 11.5. The fraction of sp³-hybridized carbons (Fsp3) is 0.267. The lowest BCUT2D eigenvalue weighted by molar-refractivity contribution is -0.255. The molecule has 114 valence electrons. The van der Waals surface area contributed by atoms with Crippen LogP contribution in [0.1, 0.15) is 12.5 Å². The van der Waals surface area contributed by atoms with Gasteiger partial charge in [0.05, 0.1) is 6.61 Å². The van der Waals surface area contributed by atoms with E-state index in [1.54, 1.807) is 30.3 Å². The van der Waals surface area contributed by atoms with E-state index in [1.807, 2.05) is 0 Å². The Morgan fingerprint density at radius 1 is 1.33 bits per heavy atom. The monoisotopic (exact) mass is 299 g/mol. The number of halogens is 3. The number of benzene rings is 1. The molecule has 0 radical (unpaired) electrons. The SMILES string of the molecule is C=C/C=C(\C)C(OCc1ccccc1)(C(N)=O)C(F)(F)F. The summed E-state index contributed by atoms with van der Waals surface area (Å²) in [5, 5.41) is 0. The molecule has 1 unspecified atom stereocenters. The number of allylic oxidation sites excluding steroid dienone is 2. The molecule has 0 saturated carbocycles. The van der Waals surface area contributed by atoms with Crippen molar-refractivity contribution in [1.82, 2.24) is 0 Å². The van der Waals surface area contributed by atoms with Gasteiger partial charge >= 0.3 is 6.18 Å². The predicted octanol–water partition coefficient (Wildman–Crippen LogP) is 3.12. The molecule has 0 fully saturated rings. The number of carbonyl (C=O) groups excluding carboxylic acids is 1. The Hall–Kier alpha value is -2.08. The summed E-state index contributed by atoms with van der Waals surface area (Å²) in [7, 11) is 0. The number of nitrogens with two attached hydrogens (primary N) is 1. The smallest absolute Gasteiger partial charge is 0.367 e. The van der Waals surface area contributed by atoms with Gasteiger partial charge in [-0.2, -0.15) is 13.2 Å². The molecule has 1 rings (SSSR count). The third kappa shape index (κ3) is 3.52. The first kappa shape index (κ1) is 17.0. The largest absolute Gasteiger partial charge is 0.430 e. The van der Waals surface area contributed by atoms with Crippen LogP contribution in [0.4, 0.5) is 13.2 Å². The van der Waals surface area contributed by atoms with Gasteiger partial charge in [-0.1, -0.05) is 49.1 Å². The van der Waals surface area contributed by atoms with Crippen molar-refractivity contribution < 1.29 is 22.7 Å². The van der Waals surface area contributed by atoms with Crippen LogP contribution in [0.3, 0.4) is 0 Å². The molecule has 0 bridgehead atoms. The maximum Gasteiger partial charge on any atom is 0.430 e. The Labute approximate surface area is 120 Å². The summed E-state index contributed by atoms with van der Waals surface area (Å²) in [5.41, 5.74) is 1.96. The second-order valence-corrected chi connectivity index (χ2v) is 4.40. The highest BCUT2D eigenvalue weighted by Gasteiger charge is 2.62. The van der Waals surface area contributed by atoms with Gasteiger partial charge in [0, 0.05) is 0 Å². The molecule has 0 aliphatic heterocycles. The maximum atomic E-state index is 13.4. The molecule has 0 aliphatic carbocycles. The number of amides is 1. The lowest BCUT2D eigenvalue weighted by Crippen LogP contribution is -2.58. The minimum absolute atomic E-state index is 0.367. The molecule has 1 aromatic carbocycles. The second-order valence-electron chi connectivity index (χ2n) is 4.40. The molecule has 1 amide bonds. The van der Waals surface area contributed by atoms with Crippen molar-refractivity contribution in [2.24, 2.45) is 5.73 Å². The molecule has 1 atom stereocenters. The Balaban J connectivity index is 3.21. The minimum atomic E-state index is -4.97. The molecule has 0 spiro atoms. The molecular weight excluding hydrogens is 283 g/mol. The van der Waals surface area contributed by atoms with E-state index in [9.17, 15) is 18.0 Å². The molecule has 0 saturated heterocycles. The van der Waals surface area contributed by atoms with Crippen molar-refractivity contribution in [3.8, 4) is 0 Å². The van der Waals surface area contributed by atoms with Gasteiger partial charge in [-0.25, -0.2) is 0 Å². The Morgan fingerprint density at radius 3 is 2.33 bits per heavy atom. The van der Waals surface area contributed by atoms with Gasteiger partial charge in [-0.15, -0.1) is 0 Å². The Morgan fingerprint density at radius 2 is 1.90 bits per heavy atom. The standard InChI is InChI=1S/C15H16F3NO2/c1-3-7-11(2)14(13(19)20,15(16,17)18)21-10-12-8-5-4-6-9-12/h3-9H,1,10H2,2H3,(H2,19,20)/b11-7+. The normalized spacial score (nSPS) is 15.3. The second kappa shape index (κ2) is 6.58. The van der Waals surface area contributed by atoms with Crippen LogP contribution in [-0.2, 0) is 16.1 Å². The molecule has 2 N–H and O–H groups in total. The van der Waals surface area contributed by atoms with E-state index >= 15 is 0 Å². The quantitative estimate of drug-likeness (QED) is 0.821. The lowest BCUT2D eigenvalue weighted by atomic mass is 9.92. The number of carbonyl (C=O) groups is 1. The van der Waals surface area contributed by atoms with Crippen LogP contribution in [0, 0.1) is 0 Å². The summed E-state index contributed by atoms with van der Waals surface area (Å²) in [6.07, 6.45) is -2.77. The maximum absolute atomic E-state index is 13.4. The predicted molar refractivity (Wildman–Crippen MR) is 73.2 cm³/mol. The van der Waals surface area contributed by atoms with Crippen LogP contribution in [0.2, 0.25) is 0 Å². The molecule has 1 aromatic rings. The van der Waals surface area contributed by atoms with Gasteiger partial charge in [0.25, 0.3) is 11.5 Å². The fourth-order valence-corrected chi connectivity index (χ4v) is 1.88. The summed E-state index contributed by atoms with van der Waals surface area (Å²) >= 11 is 0. The minimum Gasteiger partial charge on any atom is -0.367 e. The number of primary amides is 1. The van der Waals surface area contributed by atoms with E-state index in [2.05, 4.69) is 6.58 Å². The zero-order valence-electron chi connectivity index (χ0n) is 11.5. The zero-order valence-corrected chi connectivity index (χ0v) is 11.5. The van der Waals surface area contributed by atoms with Crippen LogP contribution in [0.15, 0.2) is 54.6 Å². The summed E-state index contributed by atoms with van der Waals surface area (Å²) in [6.45, 7) is 4.06. The van der Waals surface area contributed by atoms with Crippen LogP contribution in [-0.4, -0.2) is 17.7 Å². The van der Waals surface area contributed by atoms with Gasteiger partial charge in [-0.3, -0.25) is 4.79 Å². The number of ether oxygens (including phenoxy) is 1. The van der Waals surface area contributed by atoms with Crippen molar-refractivity contribution in [2.75, 3.05) is 0 Å². The van der Waals surface area contributed by atoms with Gasteiger partial charge in [0.2, 0.25) is 0 Å². The molecule has 6 heteroatoms.